The normalized spacial score (nSPS) is 21.8. The van der Waals surface area contributed by atoms with E-state index in [2.05, 4.69) is 29.8 Å². The largest absolute Gasteiger partial charge is 0.377 e. The minimum Gasteiger partial charge on any atom is -0.377 e. The Morgan fingerprint density at radius 2 is 2.59 bits per heavy atom. The van der Waals surface area contributed by atoms with Crippen molar-refractivity contribution in [2.45, 2.75) is 31.9 Å². The standard InChI is InChI=1S/C13H21NO2S/c1-11(13-5-3-9-17-13)14-6-8-15-10-12-4-2-7-16-12/h3,5,9,11-12,14H,2,4,6-8,10H2,1H3. The van der Waals surface area contributed by atoms with Gasteiger partial charge in [-0.05, 0) is 31.2 Å². The van der Waals surface area contributed by atoms with E-state index in [1.54, 1.807) is 11.3 Å². The summed E-state index contributed by atoms with van der Waals surface area (Å²) in [5, 5.41) is 5.57. The minimum atomic E-state index is 0.338. The van der Waals surface area contributed by atoms with Gasteiger partial charge in [0.05, 0.1) is 19.3 Å². The molecule has 2 rings (SSSR count). The van der Waals surface area contributed by atoms with Gasteiger partial charge in [-0.15, -0.1) is 11.3 Å². The number of thiophene rings is 1. The third-order valence-corrected chi connectivity index (χ3v) is 4.05. The first kappa shape index (κ1) is 13.0. The average molecular weight is 255 g/mol. The minimum absolute atomic E-state index is 0.338. The molecule has 1 fully saturated rings. The molecule has 0 saturated carbocycles. The Balaban J connectivity index is 1.51. The van der Waals surface area contributed by atoms with E-state index >= 15 is 0 Å². The van der Waals surface area contributed by atoms with Crippen molar-refractivity contribution in [1.82, 2.24) is 5.32 Å². The smallest absolute Gasteiger partial charge is 0.0809 e. The van der Waals surface area contributed by atoms with E-state index < -0.39 is 0 Å². The Morgan fingerprint density at radius 3 is 3.29 bits per heavy atom. The van der Waals surface area contributed by atoms with Gasteiger partial charge in [-0.3, -0.25) is 0 Å². The third kappa shape index (κ3) is 4.39. The predicted molar refractivity (Wildman–Crippen MR) is 70.5 cm³/mol. The van der Waals surface area contributed by atoms with Crippen molar-refractivity contribution >= 4 is 11.3 Å². The van der Waals surface area contributed by atoms with Gasteiger partial charge in [0.15, 0.2) is 0 Å². The first-order chi connectivity index (χ1) is 8.36. The van der Waals surface area contributed by atoms with Crippen LogP contribution in [0.4, 0.5) is 0 Å². The van der Waals surface area contributed by atoms with Crippen molar-refractivity contribution < 1.29 is 9.47 Å². The SMILES string of the molecule is CC(NCCOCC1CCCO1)c1cccs1. The molecule has 0 amide bonds. The lowest BCUT2D eigenvalue weighted by atomic mass is 10.2. The van der Waals surface area contributed by atoms with Crippen LogP contribution >= 0.6 is 11.3 Å². The van der Waals surface area contributed by atoms with Crippen LogP contribution in [0.15, 0.2) is 17.5 Å². The van der Waals surface area contributed by atoms with Crippen LogP contribution in [0.3, 0.4) is 0 Å². The second kappa shape index (κ2) is 7.11. The Bertz CT molecular complexity index is 296. The molecule has 1 aliphatic heterocycles. The summed E-state index contributed by atoms with van der Waals surface area (Å²) >= 11 is 1.79. The molecule has 2 atom stereocenters. The van der Waals surface area contributed by atoms with E-state index in [4.69, 9.17) is 9.47 Å². The van der Waals surface area contributed by atoms with E-state index in [1.807, 2.05) is 0 Å². The summed E-state index contributed by atoms with van der Waals surface area (Å²) in [6.07, 6.45) is 2.67. The zero-order chi connectivity index (χ0) is 11.9. The van der Waals surface area contributed by atoms with Gasteiger partial charge in [0.2, 0.25) is 0 Å². The molecule has 0 spiro atoms. The van der Waals surface area contributed by atoms with E-state index in [9.17, 15) is 0 Å². The Hall–Kier alpha value is -0.420. The van der Waals surface area contributed by atoms with Crippen molar-refractivity contribution in [2.75, 3.05) is 26.4 Å². The zero-order valence-electron chi connectivity index (χ0n) is 10.4. The van der Waals surface area contributed by atoms with E-state index in [0.717, 1.165) is 32.8 Å². The summed E-state index contributed by atoms with van der Waals surface area (Å²) < 4.78 is 11.1. The summed E-state index contributed by atoms with van der Waals surface area (Å²) in [5.41, 5.74) is 0. The Kier molecular flexibility index (Phi) is 5.45. The molecular weight excluding hydrogens is 234 g/mol. The number of ether oxygens (including phenoxy) is 2. The topological polar surface area (TPSA) is 30.5 Å². The lowest BCUT2D eigenvalue weighted by molar-refractivity contribution is 0.0179. The zero-order valence-corrected chi connectivity index (χ0v) is 11.2. The summed E-state index contributed by atoms with van der Waals surface area (Å²) in [6, 6.07) is 4.67. The number of nitrogens with one attached hydrogen (secondary N) is 1. The maximum absolute atomic E-state index is 5.60. The van der Waals surface area contributed by atoms with Gasteiger partial charge in [0, 0.05) is 24.1 Å². The molecule has 0 aliphatic carbocycles. The Morgan fingerprint density at radius 1 is 1.65 bits per heavy atom. The van der Waals surface area contributed by atoms with Gasteiger partial charge in [0.25, 0.3) is 0 Å². The quantitative estimate of drug-likeness (QED) is 0.760. The number of hydrogen-bond donors (Lipinski definition) is 1. The van der Waals surface area contributed by atoms with Crippen molar-refractivity contribution in [3.8, 4) is 0 Å². The number of hydrogen-bond acceptors (Lipinski definition) is 4. The average Bonchev–Trinajstić information content (AvgIpc) is 3.01. The van der Waals surface area contributed by atoms with Gasteiger partial charge in [0.1, 0.15) is 0 Å². The molecule has 1 aromatic heterocycles. The van der Waals surface area contributed by atoms with Crippen molar-refractivity contribution in [3.05, 3.63) is 22.4 Å². The second-order valence-electron chi connectivity index (χ2n) is 4.40. The molecule has 1 N–H and O–H groups in total. The summed E-state index contributed by atoms with van der Waals surface area (Å²) in [6.45, 7) is 5.49. The summed E-state index contributed by atoms with van der Waals surface area (Å²) in [7, 11) is 0. The number of rotatable bonds is 7. The summed E-state index contributed by atoms with van der Waals surface area (Å²) in [5.74, 6) is 0. The van der Waals surface area contributed by atoms with Crippen LogP contribution in [0.1, 0.15) is 30.7 Å². The van der Waals surface area contributed by atoms with Crippen molar-refractivity contribution in [3.63, 3.8) is 0 Å². The molecule has 2 unspecified atom stereocenters. The first-order valence-corrected chi connectivity index (χ1v) is 7.20. The molecule has 3 nitrogen and oxygen atoms in total. The molecule has 1 saturated heterocycles. The molecule has 96 valence electrons. The van der Waals surface area contributed by atoms with E-state index in [1.165, 1.54) is 11.3 Å². The maximum Gasteiger partial charge on any atom is 0.0809 e. The van der Waals surface area contributed by atoms with Gasteiger partial charge in [-0.2, -0.15) is 0 Å². The van der Waals surface area contributed by atoms with Crippen LogP contribution in [0.25, 0.3) is 0 Å². The van der Waals surface area contributed by atoms with Crippen LogP contribution in [0.2, 0.25) is 0 Å². The lowest BCUT2D eigenvalue weighted by Crippen LogP contribution is -2.24. The fourth-order valence-corrected chi connectivity index (χ4v) is 2.74. The molecule has 1 aliphatic rings. The molecule has 4 heteroatoms. The monoisotopic (exact) mass is 255 g/mol. The van der Waals surface area contributed by atoms with Gasteiger partial charge >= 0.3 is 0 Å². The third-order valence-electron chi connectivity index (χ3n) is 2.99. The highest BCUT2D eigenvalue weighted by molar-refractivity contribution is 7.10. The van der Waals surface area contributed by atoms with Crippen molar-refractivity contribution in [2.24, 2.45) is 0 Å². The van der Waals surface area contributed by atoms with Crippen LogP contribution in [-0.4, -0.2) is 32.5 Å². The molecule has 0 aromatic carbocycles. The molecule has 1 aromatic rings. The Labute approximate surface area is 107 Å². The van der Waals surface area contributed by atoms with Gasteiger partial charge in [-0.25, -0.2) is 0 Å². The highest BCUT2D eigenvalue weighted by Crippen LogP contribution is 2.17. The van der Waals surface area contributed by atoms with Crippen LogP contribution in [0.5, 0.6) is 0 Å². The van der Waals surface area contributed by atoms with Crippen LogP contribution < -0.4 is 5.32 Å². The molecule has 0 radical (unpaired) electrons. The van der Waals surface area contributed by atoms with E-state index in [0.29, 0.717) is 12.1 Å². The first-order valence-electron chi connectivity index (χ1n) is 6.32. The highest BCUT2D eigenvalue weighted by atomic mass is 32.1. The molecule has 2 heterocycles. The molecular formula is C13H21NO2S. The van der Waals surface area contributed by atoms with Crippen molar-refractivity contribution in [1.29, 1.82) is 0 Å². The predicted octanol–water partition coefficient (Wildman–Crippen LogP) is 2.59. The lowest BCUT2D eigenvalue weighted by Gasteiger charge is -2.13. The van der Waals surface area contributed by atoms with Crippen LogP contribution in [0, 0.1) is 0 Å². The van der Waals surface area contributed by atoms with E-state index in [-0.39, 0.29) is 0 Å². The van der Waals surface area contributed by atoms with Gasteiger partial charge < -0.3 is 14.8 Å². The van der Waals surface area contributed by atoms with Crippen LogP contribution in [-0.2, 0) is 9.47 Å². The molecule has 0 bridgehead atoms. The summed E-state index contributed by atoms with van der Waals surface area (Å²) in [4.78, 5) is 1.38. The fourth-order valence-electron chi connectivity index (χ4n) is 1.98. The molecule has 17 heavy (non-hydrogen) atoms. The second-order valence-corrected chi connectivity index (χ2v) is 5.38. The fraction of sp³-hybridized carbons (Fsp3) is 0.692. The maximum atomic E-state index is 5.60. The highest BCUT2D eigenvalue weighted by Gasteiger charge is 2.15. The van der Waals surface area contributed by atoms with Gasteiger partial charge in [-0.1, -0.05) is 6.07 Å².